The second kappa shape index (κ2) is 5.11. The van der Waals surface area contributed by atoms with E-state index in [4.69, 9.17) is 4.42 Å². The number of furan rings is 1. The van der Waals surface area contributed by atoms with Gasteiger partial charge in [-0.15, -0.1) is 0 Å². The molecule has 0 bridgehead atoms. The van der Waals surface area contributed by atoms with E-state index < -0.39 is 0 Å². The molecule has 3 aromatic heterocycles. The molecule has 0 N–H and O–H groups in total. The highest BCUT2D eigenvalue weighted by molar-refractivity contribution is 6.19. The molecule has 0 radical (unpaired) electrons. The first-order chi connectivity index (χ1) is 12.2. The van der Waals surface area contributed by atoms with E-state index in [0.717, 1.165) is 43.9 Å². The van der Waals surface area contributed by atoms with Crippen LogP contribution in [0, 0.1) is 6.92 Å². The topological polar surface area (TPSA) is 42.8 Å². The van der Waals surface area contributed by atoms with E-state index in [1.165, 1.54) is 0 Å². The Morgan fingerprint density at radius 1 is 1.00 bits per heavy atom. The van der Waals surface area contributed by atoms with Gasteiger partial charge in [-0.1, -0.05) is 36.4 Å². The van der Waals surface area contributed by atoms with E-state index in [1.54, 1.807) is 6.20 Å². The Bertz CT molecular complexity index is 1270. The van der Waals surface area contributed by atoms with Crippen LogP contribution in [0.15, 0.2) is 65.6 Å². The first-order valence-electron chi connectivity index (χ1n) is 8.23. The van der Waals surface area contributed by atoms with Crippen molar-refractivity contribution in [3.05, 3.63) is 66.7 Å². The minimum atomic E-state index is 0.673. The van der Waals surface area contributed by atoms with Crippen LogP contribution in [0.25, 0.3) is 44.1 Å². The third-order valence-electron chi connectivity index (χ3n) is 4.81. The molecule has 4 heteroatoms. The second-order valence-corrected chi connectivity index (χ2v) is 6.33. The molecule has 0 unspecified atom stereocenters. The maximum atomic E-state index is 6.23. The van der Waals surface area contributed by atoms with Crippen molar-refractivity contribution < 1.29 is 8.98 Å². The molecule has 0 saturated carbocycles. The standard InChI is InChI=1S/C21H16N3O/c1-13-7-8-16-19-15-6-4-3-5-14(15)11-23-21(19)25-20(16)18(13)17-12-22-9-10-24(17)2/h3-12H,1-2H3/q+1. The van der Waals surface area contributed by atoms with Gasteiger partial charge in [0.05, 0.1) is 23.3 Å². The summed E-state index contributed by atoms with van der Waals surface area (Å²) in [6, 6.07) is 12.6. The Hall–Kier alpha value is -3.27. The first-order valence-corrected chi connectivity index (χ1v) is 8.23. The van der Waals surface area contributed by atoms with Crippen molar-refractivity contribution in [3.8, 4) is 11.3 Å². The minimum Gasteiger partial charge on any atom is -0.437 e. The van der Waals surface area contributed by atoms with Crippen LogP contribution < -0.4 is 4.57 Å². The van der Waals surface area contributed by atoms with Crippen LogP contribution in [-0.4, -0.2) is 9.97 Å². The highest BCUT2D eigenvalue weighted by Gasteiger charge is 2.21. The molecule has 120 valence electrons. The van der Waals surface area contributed by atoms with E-state index in [2.05, 4.69) is 51.8 Å². The van der Waals surface area contributed by atoms with Crippen molar-refractivity contribution >= 4 is 32.8 Å². The van der Waals surface area contributed by atoms with E-state index in [-0.39, 0.29) is 0 Å². The van der Waals surface area contributed by atoms with Crippen molar-refractivity contribution in [3.63, 3.8) is 0 Å². The van der Waals surface area contributed by atoms with Crippen LogP contribution in [0.3, 0.4) is 0 Å². The number of pyridine rings is 1. The third kappa shape index (κ3) is 1.97. The maximum absolute atomic E-state index is 6.23. The molecule has 0 aliphatic heterocycles. The average molecular weight is 326 g/mol. The molecule has 0 aliphatic rings. The normalized spacial score (nSPS) is 11.6. The molecular formula is C21H16N3O+. The summed E-state index contributed by atoms with van der Waals surface area (Å²) in [7, 11) is 2.02. The summed E-state index contributed by atoms with van der Waals surface area (Å²) in [6.45, 7) is 2.10. The smallest absolute Gasteiger partial charge is 0.234 e. The zero-order valence-corrected chi connectivity index (χ0v) is 14.0. The van der Waals surface area contributed by atoms with Gasteiger partial charge in [-0.2, -0.15) is 4.57 Å². The molecule has 0 saturated heterocycles. The molecule has 0 amide bonds. The highest BCUT2D eigenvalue weighted by Crippen LogP contribution is 2.38. The summed E-state index contributed by atoms with van der Waals surface area (Å²) >= 11 is 0. The number of aryl methyl sites for hydroxylation is 2. The van der Waals surface area contributed by atoms with Crippen LogP contribution in [-0.2, 0) is 7.05 Å². The Morgan fingerprint density at radius 2 is 1.88 bits per heavy atom. The van der Waals surface area contributed by atoms with Gasteiger partial charge in [0.15, 0.2) is 11.8 Å². The molecule has 5 rings (SSSR count). The quantitative estimate of drug-likeness (QED) is 0.431. The molecule has 3 heterocycles. The molecule has 2 aromatic carbocycles. The van der Waals surface area contributed by atoms with Gasteiger partial charge in [0, 0.05) is 17.0 Å². The Morgan fingerprint density at radius 3 is 2.76 bits per heavy atom. The lowest BCUT2D eigenvalue weighted by Gasteiger charge is -2.04. The lowest BCUT2D eigenvalue weighted by Crippen LogP contribution is -2.30. The van der Waals surface area contributed by atoms with Gasteiger partial charge in [0.2, 0.25) is 11.4 Å². The lowest BCUT2D eigenvalue weighted by atomic mass is 10.00. The Kier molecular flexibility index (Phi) is 2.88. The summed E-state index contributed by atoms with van der Waals surface area (Å²) in [5.41, 5.74) is 4.78. The van der Waals surface area contributed by atoms with Gasteiger partial charge in [0.1, 0.15) is 7.05 Å². The number of nitrogens with zero attached hydrogens (tertiary/aromatic N) is 3. The number of benzene rings is 2. The molecule has 0 atom stereocenters. The zero-order valence-electron chi connectivity index (χ0n) is 14.0. The van der Waals surface area contributed by atoms with Crippen molar-refractivity contribution in [2.45, 2.75) is 6.92 Å². The first kappa shape index (κ1) is 14.1. The van der Waals surface area contributed by atoms with E-state index in [9.17, 15) is 0 Å². The Balaban J connectivity index is 1.99. The summed E-state index contributed by atoms with van der Waals surface area (Å²) in [6.07, 6.45) is 7.48. The predicted molar refractivity (Wildman–Crippen MR) is 98.2 cm³/mol. The van der Waals surface area contributed by atoms with Gasteiger partial charge >= 0.3 is 0 Å². The molecule has 5 aromatic rings. The number of fused-ring (bicyclic) bond motifs is 5. The van der Waals surface area contributed by atoms with Crippen LogP contribution in [0.2, 0.25) is 0 Å². The van der Waals surface area contributed by atoms with Gasteiger partial charge in [-0.25, -0.2) is 4.98 Å². The molecule has 25 heavy (non-hydrogen) atoms. The number of hydrogen-bond donors (Lipinski definition) is 0. The van der Waals surface area contributed by atoms with Crippen molar-refractivity contribution in [2.24, 2.45) is 7.05 Å². The van der Waals surface area contributed by atoms with Crippen molar-refractivity contribution in [2.75, 3.05) is 0 Å². The van der Waals surface area contributed by atoms with Gasteiger partial charge in [0.25, 0.3) is 0 Å². The Labute approximate surface area is 144 Å². The van der Waals surface area contributed by atoms with Crippen molar-refractivity contribution in [1.82, 2.24) is 9.97 Å². The zero-order chi connectivity index (χ0) is 17.0. The third-order valence-corrected chi connectivity index (χ3v) is 4.81. The fourth-order valence-electron chi connectivity index (χ4n) is 3.55. The SMILES string of the molecule is Cc1ccc2c(oc3ncc4ccccc4c32)c1-c1cncc[n+]1C. The largest absolute Gasteiger partial charge is 0.437 e. The van der Waals surface area contributed by atoms with Crippen LogP contribution in [0.4, 0.5) is 0 Å². The predicted octanol–water partition coefficient (Wildman–Crippen LogP) is 4.33. The highest BCUT2D eigenvalue weighted by atomic mass is 16.3. The number of hydrogen-bond acceptors (Lipinski definition) is 3. The van der Waals surface area contributed by atoms with Gasteiger partial charge < -0.3 is 4.42 Å². The monoisotopic (exact) mass is 326 g/mol. The molecule has 0 spiro atoms. The van der Waals surface area contributed by atoms with Gasteiger partial charge in [-0.05, 0) is 17.9 Å². The summed E-state index contributed by atoms with van der Waals surface area (Å²) < 4.78 is 8.29. The van der Waals surface area contributed by atoms with Gasteiger partial charge in [-0.3, -0.25) is 4.98 Å². The number of aromatic nitrogens is 3. The second-order valence-electron chi connectivity index (χ2n) is 6.33. The lowest BCUT2D eigenvalue weighted by molar-refractivity contribution is -0.660. The molecule has 4 nitrogen and oxygen atoms in total. The fraction of sp³-hybridized carbons (Fsp3) is 0.0952. The summed E-state index contributed by atoms with van der Waals surface area (Å²) in [5, 5.41) is 4.44. The van der Waals surface area contributed by atoms with Crippen LogP contribution in [0.5, 0.6) is 0 Å². The van der Waals surface area contributed by atoms with Crippen LogP contribution in [0.1, 0.15) is 5.56 Å². The molecule has 0 aliphatic carbocycles. The van der Waals surface area contributed by atoms with Crippen LogP contribution >= 0.6 is 0 Å². The summed E-state index contributed by atoms with van der Waals surface area (Å²) in [4.78, 5) is 8.84. The molecular weight excluding hydrogens is 310 g/mol. The van der Waals surface area contributed by atoms with E-state index >= 15 is 0 Å². The average Bonchev–Trinajstić information content (AvgIpc) is 3.01. The van der Waals surface area contributed by atoms with E-state index in [1.807, 2.05) is 31.7 Å². The maximum Gasteiger partial charge on any atom is 0.234 e. The summed E-state index contributed by atoms with van der Waals surface area (Å²) in [5.74, 6) is 0. The molecule has 0 fully saturated rings. The van der Waals surface area contributed by atoms with Crippen molar-refractivity contribution in [1.29, 1.82) is 0 Å². The van der Waals surface area contributed by atoms with E-state index in [0.29, 0.717) is 5.71 Å². The minimum absolute atomic E-state index is 0.673. The number of rotatable bonds is 1. The fourth-order valence-corrected chi connectivity index (χ4v) is 3.55.